The first-order chi connectivity index (χ1) is 14.8. The first-order valence-electron chi connectivity index (χ1n) is 9.54. The molecule has 0 unspecified atom stereocenters. The molecule has 0 spiro atoms. The second-order valence-electron chi connectivity index (χ2n) is 7.10. The molecule has 4 aromatic heterocycles. The van der Waals surface area contributed by atoms with Gasteiger partial charge in [-0.1, -0.05) is 30.3 Å². The molecule has 146 valence electrons. The number of benzene rings is 1. The fraction of sp³-hybridized carbons (Fsp3) is 0.0870. The van der Waals surface area contributed by atoms with E-state index in [0.717, 1.165) is 55.4 Å². The predicted octanol–water partition coefficient (Wildman–Crippen LogP) is 6.25. The molecule has 0 amide bonds. The summed E-state index contributed by atoms with van der Waals surface area (Å²) in [6.07, 6.45) is 2.88. The van der Waals surface area contributed by atoms with Gasteiger partial charge in [0, 0.05) is 33.8 Å². The van der Waals surface area contributed by atoms with Gasteiger partial charge in [-0.25, -0.2) is 9.97 Å². The lowest BCUT2D eigenvalue weighted by Crippen LogP contribution is -2.20. The lowest BCUT2D eigenvalue weighted by atomic mass is 10.1. The Kier molecular flexibility index (Phi) is 4.26. The van der Waals surface area contributed by atoms with Crippen LogP contribution in [0.4, 0.5) is 0 Å². The highest BCUT2D eigenvalue weighted by molar-refractivity contribution is 7.17. The van der Waals surface area contributed by atoms with Crippen LogP contribution in [0.2, 0.25) is 0 Å². The Morgan fingerprint density at radius 2 is 1.87 bits per heavy atom. The number of hydrogen-bond acceptors (Lipinski definition) is 6. The zero-order valence-corrected chi connectivity index (χ0v) is 18.2. The quantitative estimate of drug-likeness (QED) is 0.330. The van der Waals surface area contributed by atoms with Crippen LogP contribution in [0.3, 0.4) is 0 Å². The first kappa shape index (κ1) is 17.9. The highest BCUT2D eigenvalue weighted by Gasteiger charge is 2.23. The van der Waals surface area contributed by atoms with E-state index < -0.39 is 0 Å². The van der Waals surface area contributed by atoms with E-state index in [1.165, 1.54) is 11.3 Å². The summed E-state index contributed by atoms with van der Waals surface area (Å²) in [6.45, 7) is 0.661. The van der Waals surface area contributed by atoms with Crippen LogP contribution >= 0.6 is 34.0 Å². The molecule has 0 saturated heterocycles. The Labute approximate surface area is 184 Å². The molecule has 4 nitrogen and oxygen atoms in total. The van der Waals surface area contributed by atoms with E-state index in [4.69, 9.17) is 9.97 Å². The maximum atomic E-state index is 13.3. The molecule has 1 aliphatic heterocycles. The summed E-state index contributed by atoms with van der Waals surface area (Å²) in [7, 11) is 0. The van der Waals surface area contributed by atoms with E-state index in [0.29, 0.717) is 6.54 Å². The van der Waals surface area contributed by atoms with Gasteiger partial charge in [-0.05, 0) is 35.1 Å². The Bertz CT molecular complexity index is 1460. The van der Waals surface area contributed by atoms with Crippen molar-refractivity contribution in [2.45, 2.75) is 13.0 Å². The van der Waals surface area contributed by atoms with E-state index in [9.17, 15) is 4.79 Å². The van der Waals surface area contributed by atoms with E-state index in [1.807, 2.05) is 40.3 Å². The van der Waals surface area contributed by atoms with Crippen molar-refractivity contribution in [1.82, 2.24) is 14.5 Å². The molecule has 1 aromatic carbocycles. The Hall–Kier alpha value is -2.87. The molecule has 5 heterocycles. The average Bonchev–Trinajstić information content (AvgIpc) is 3.56. The van der Waals surface area contributed by atoms with Crippen molar-refractivity contribution in [2.24, 2.45) is 0 Å². The van der Waals surface area contributed by atoms with Crippen LogP contribution in [0.5, 0.6) is 0 Å². The van der Waals surface area contributed by atoms with E-state index in [-0.39, 0.29) is 5.56 Å². The van der Waals surface area contributed by atoms with Crippen molar-refractivity contribution in [3.05, 3.63) is 79.8 Å². The fourth-order valence-electron chi connectivity index (χ4n) is 3.84. The minimum absolute atomic E-state index is 0.0516. The summed E-state index contributed by atoms with van der Waals surface area (Å²) in [4.78, 5) is 23.8. The highest BCUT2D eigenvalue weighted by Crippen LogP contribution is 2.35. The van der Waals surface area contributed by atoms with Gasteiger partial charge in [0.1, 0.15) is 15.7 Å². The molecular weight excluding hydrogens is 430 g/mol. The normalized spacial score (nSPS) is 14.6. The van der Waals surface area contributed by atoms with Gasteiger partial charge < -0.3 is 0 Å². The summed E-state index contributed by atoms with van der Waals surface area (Å²) < 4.78 is 1.82. The van der Waals surface area contributed by atoms with E-state index in [2.05, 4.69) is 28.3 Å². The number of allylic oxidation sites excluding steroid dienone is 1. The number of nitrogens with zero attached hydrogens (tertiary/aromatic N) is 3. The Morgan fingerprint density at radius 3 is 2.70 bits per heavy atom. The summed E-state index contributed by atoms with van der Waals surface area (Å²) in [5.74, 6) is 0.777. The summed E-state index contributed by atoms with van der Waals surface area (Å²) in [5, 5.41) is 10.0. The van der Waals surface area contributed by atoms with Gasteiger partial charge in [0.15, 0.2) is 0 Å². The standard InChI is InChI=1S/C23H15N3OS3/c27-23-19-18(14-4-2-1-3-5-14)13-30-22(19)25-20-15(6-8-26(20)23)10-17-12-29-21(24-17)16-7-9-28-11-16/h1-5,7,9-13H,6,8H2/b15-10+. The van der Waals surface area contributed by atoms with Gasteiger partial charge >= 0.3 is 0 Å². The summed E-state index contributed by atoms with van der Waals surface area (Å²) in [6, 6.07) is 12.1. The van der Waals surface area contributed by atoms with Crippen molar-refractivity contribution in [3.63, 3.8) is 0 Å². The largest absolute Gasteiger partial charge is 0.292 e. The number of fused-ring (bicyclic) bond motifs is 2. The van der Waals surface area contributed by atoms with Crippen LogP contribution < -0.4 is 5.56 Å². The van der Waals surface area contributed by atoms with Crippen LogP contribution in [-0.2, 0) is 6.54 Å². The summed E-state index contributed by atoms with van der Waals surface area (Å²) in [5.41, 5.74) is 5.24. The van der Waals surface area contributed by atoms with Crippen molar-refractivity contribution in [3.8, 4) is 21.7 Å². The molecular formula is C23H15N3OS3. The zero-order valence-electron chi connectivity index (χ0n) is 15.7. The maximum absolute atomic E-state index is 13.3. The highest BCUT2D eigenvalue weighted by atomic mass is 32.1. The van der Waals surface area contributed by atoms with E-state index in [1.54, 1.807) is 22.7 Å². The van der Waals surface area contributed by atoms with Crippen LogP contribution in [-0.4, -0.2) is 14.5 Å². The average molecular weight is 446 g/mol. The molecule has 5 aromatic rings. The van der Waals surface area contributed by atoms with Gasteiger partial charge in [-0.15, -0.1) is 22.7 Å². The van der Waals surface area contributed by atoms with Crippen molar-refractivity contribution >= 4 is 55.9 Å². The lowest BCUT2D eigenvalue weighted by molar-refractivity contribution is 0.726. The van der Waals surface area contributed by atoms with Gasteiger partial charge in [-0.3, -0.25) is 9.36 Å². The van der Waals surface area contributed by atoms with Gasteiger partial charge in [0.2, 0.25) is 0 Å². The molecule has 7 heteroatoms. The van der Waals surface area contributed by atoms with Crippen LogP contribution in [0.1, 0.15) is 17.9 Å². The molecule has 0 N–H and O–H groups in total. The molecule has 0 bridgehead atoms. The van der Waals surface area contributed by atoms with E-state index >= 15 is 0 Å². The zero-order chi connectivity index (χ0) is 20.1. The molecule has 1 aliphatic rings. The third-order valence-electron chi connectivity index (χ3n) is 5.28. The van der Waals surface area contributed by atoms with Crippen LogP contribution in [0, 0.1) is 0 Å². The third-order valence-corrected chi connectivity index (χ3v) is 7.75. The smallest absolute Gasteiger partial charge is 0.263 e. The van der Waals surface area contributed by atoms with Gasteiger partial charge in [0.05, 0.1) is 11.1 Å². The molecule has 0 aliphatic carbocycles. The van der Waals surface area contributed by atoms with Crippen molar-refractivity contribution in [2.75, 3.05) is 0 Å². The molecule has 0 radical (unpaired) electrons. The molecule has 0 atom stereocenters. The van der Waals surface area contributed by atoms with Crippen LogP contribution in [0.15, 0.2) is 62.7 Å². The third kappa shape index (κ3) is 2.89. The minimum atomic E-state index is 0.0516. The predicted molar refractivity (Wildman–Crippen MR) is 127 cm³/mol. The first-order valence-corrected chi connectivity index (χ1v) is 12.2. The topological polar surface area (TPSA) is 47.8 Å². The Balaban J connectivity index is 1.44. The van der Waals surface area contributed by atoms with Gasteiger partial charge in [0.25, 0.3) is 5.56 Å². The second-order valence-corrected chi connectivity index (χ2v) is 9.59. The molecule has 0 saturated carbocycles. The fourth-order valence-corrected chi connectivity index (χ4v) is 6.26. The number of rotatable bonds is 3. The summed E-state index contributed by atoms with van der Waals surface area (Å²) >= 11 is 4.85. The van der Waals surface area contributed by atoms with Crippen molar-refractivity contribution < 1.29 is 0 Å². The number of aromatic nitrogens is 3. The number of hydrogen-bond donors (Lipinski definition) is 0. The minimum Gasteiger partial charge on any atom is -0.292 e. The van der Waals surface area contributed by atoms with Crippen LogP contribution in [0.25, 0.3) is 43.6 Å². The monoisotopic (exact) mass is 445 g/mol. The molecule has 0 fully saturated rings. The Morgan fingerprint density at radius 1 is 0.967 bits per heavy atom. The SMILES string of the molecule is O=c1c2c(-c3ccccc3)csc2nc2n1CC/C2=C\c1csc(-c2ccsc2)n1. The van der Waals surface area contributed by atoms with Gasteiger partial charge in [-0.2, -0.15) is 11.3 Å². The second kappa shape index (κ2) is 7.12. The molecule has 6 rings (SSSR count). The number of thiazole rings is 1. The number of thiophene rings is 2. The molecule has 30 heavy (non-hydrogen) atoms. The lowest BCUT2D eigenvalue weighted by Gasteiger charge is -2.04. The van der Waals surface area contributed by atoms with Crippen molar-refractivity contribution in [1.29, 1.82) is 0 Å². The maximum Gasteiger partial charge on any atom is 0.263 e.